The van der Waals surface area contributed by atoms with E-state index in [4.69, 9.17) is 17.3 Å². The maximum Gasteiger partial charge on any atom is 0.257 e. The van der Waals surface area contributed by atoms with Crippen LogP contribution in [0, 0.1) is 0 Å². The summed E-state index contributed by atoms with van der Waals surface area (Å²) >= 11 is 9.32. The summed E-state index contributed by atoms with van der Waals surface area (Å²) < 4.78 is 0.836. The minimum Gasteiger partial charge on any atom is -0.398 e. The van der Waals surface area contributed by atoms with Crippen LogP contribution >= 0.6 is 27.5 Å². The molecule has 0 aliphatic heterocycles. The second-order valence-electron chi connectivity index (χ2n) is 3.67. The number of halogens is 2. The predicted octanol–water partition coefficient (Wildman–Crippen LogP) is 3.94. The van der Waals surface area contributed by atoms with E-state index in [1.165, 1.54) is 0 Å². The Kier molecular flexibility index (Phi) is 3.89. The highest BCUT2D eigenvalue weighted by molar-refractivity contribution is 9.10. The largest absolute Gasteiger partial charge is 0.398 e. The molecule has 2 aromatic rings. The molecule has 0 heterocycles. The number of carbonyl (C=O) groups excluding carboxylic acids is 1. The first-order valence-electron chi connectivity index (χ1n) is 5.19. The van der Waals surface area contributed by atoms with Crippen molar-refractivity contribution in [1.82, 2.24) is 0 Å². The lowest BCUT2D eigenvalue weighted by Crippen LogP contribution is -2.14. The normalized spacial score (nSPS) is 10.1. The highest BCUT2D eigenvalue weighted by atomic mass is 79.9. The minimum absolute atomic E-state index is 0.284. The molecule has 0 radical (unpaired) electrons. The van der Waals surface area contributed by atoms with Gasteiger partial charge in [0.15, 0.2) is 0 Å². The molecule has 92 valence electrons. The molecule has 3 N–H and O–H groups in total. The molecule has 2 aromatic carbocycles. The zero-order valence-electron chi connectivity index (χ0n) is 9.28. The van der Waals surface area contributed by atoms with Crippen molar-refractivity contribution in [3.63, 3.8) is 0 Å². The van der Waals surface area contributed by atoms with Crippen LogP contribution in [-0.2, 0) is 0 Å². The van der Waals surface area contributed by atoms with Crippen LogP contribution in [0.2, 0.25) is 5.02 Å². The second-order valence-corrected chi connectivity index (χ2v) is 4.99. The van der Waals surface area contributed by atoms with E-state index in [0.717, 1.165) is 4.47 Å². The quantitative estimate of drug-likeness (QED) is 0.822. The van der Waals surface area contributed by atoms with Crippen LogP contribution in [0.15, 0.2) is 46.9 Å². The van der Waals surface area contributed by atoms with Crippen LogP contribution in [0.25, 0.3) is 0 Å². The first kappa shape index (κ1) is 12.9. The van der Waals surface area contributed by atoms with E-state index in [0.29, 0.717) is 22.0 Å². The Balaban J connectivity index is 2.27. The third-order valence-electron chi connectivity index (χ3n) is 2.38. The Morgan fingerprint density at radius 3 is 2.67 bits per heavy atom. The second kappa shape index (κ2) is 5.42. The van der Waals surface area contributed by atoms with E-state index in [1.807, 2.05) is 0 Å². The van der Waals surface area contributed by atoms with Crippen LogP contribution in [0.3, 0.4) is 0 Å². The lowest BCUT2D eigenvalue weighted by molar-refractivity contribution is 0.102. The molecule has 0 bridgehead atoms. The molecule has 5 heteroatoms. The number of anilines is 2. The number of nitrogens with two attached hydrogens (primary N) is 1. The molecule has 0 spiro atoms. The van der Waals surface area contributed by atoms with Gasteiger partial charge in [-0.1, -0.05) is 39.7 Å². The summed E-state index contributed by atoms with van der Waals surface area (Å²) in [4.78, 5) is 12.0. The molecule has 2 rings (SSSR count). The van der Waals surface area contributed by atoms with Gasteiger partial charge in [0.05, 0.1) is 16.3 Å². The number of benzene rings is 2. The van der Waals surface area contributed by atoms with Gasteiger partial charge in [-0.25, -0.2) is 0 Å². The molecule has 0 aliphatic carbocycles. The maximum absolute atomic E-state index is 12.0. The summed E-state index contributed by atoms with van der Waals surface area (Å²) in [6, 6.07) is 12.1. The standard InChI is InChI=1S/C13H10BrClN2O/c14-8-5-6-10(15)12(7-8)17-13(18)9-3-1-2-4-11(9)16/h1-7H,16H2,(H,17,18). The van der Waals surface area contributed by atoms with Gasteiger partial charge in [0.2, 0.25) is 0 Å². The van der Waals surface area contributed by atoms with Crippen molar-refractivity contribution in [2.45, 2.75) is 0 Å². The monoisotopic (exact) mass is 324 g/mol. The van der Waals surface area contributed by atoms with Crippen molar-refractivity contribution in [2.24, 2.45) is 0 Å². The molecule has 3 nitrogen and oxygen atoms in total. The predicted molar refractivity (Wildman–Crippen MR) is 78.0 cm³/mol. The van der Waals surface area contributed by atoms with Crippen molar-refractivity contribution in [2.75, 3.05) is 11.1 Å². The van der Waals surface area contributed by atoms with Gasteiger partial charge in [-0.15, -0.1) is 0 Å². The molecule has 0 aliphatic rings. The molecule has 0 saturated heterocycles. The molecule has 0 fully saturated rings. The average Bonchev–Trinajstić information content (AvgIpc) is 2.34. The van der Waals surface area contributed by atoms with Gasteiger partial charge < -0.3 is 11.1 Å². The smallest absolute Gasteiger partial charge is 0.257 e. The fourth-order valence-corrected chi connectivity index (χ4v) is 2.01. The van der Waals surface area contributed by atoms with Crippen molar-refractivity contribution < 1.29 is 4.79 Å². The first-order chi connectivity index (χ1) is 8.58. The van der Waals surface area contributed by atoms with Crippen LogP contribution in [0.4, 0.5) is 11.4 Å². The Morgan fingerprint density at radius 2 is 1.94 bits per heavy atom. The molecular weight excluding hydrogens is 316 g/mol. The number of hydrogen-bond donors (Lipinski definition) is 2. The molecule has 1 amide bonds. The Hall–Kier alpha value is -1.52. The van der Waals surface area contributed by atoms with E-state index < -0.39 is 0 Å². The molecule has 0 atom stereocenters. The molecule has 18 heavy (non-hydrogen) atoms. The number of hydrogen-bond acceptors (Lipinski definition) is 2. The van der Waals surface area contributed by atoms with Gasteiger partial charge in [0.25, 0.3) is 5.91 Å². The summed E-state index contributed by atoms with van der Waals surface area (Å²) in [5, 5.41) is 3.20. The summed E-state index contributed by atoms with van der Waals surface area (Å²) in [5.41, 5.74) is 7.14. The fourth-order valence-electron chi connectivity index (χ4n) is 1.49. The van der Waals surface area contributed by atoms with E-state index in [1.54, 1.807) is 42.5 Å². The van der Waals surface area contributed by atoms with Crippen molar-refractivity contribution in [3.05, 3.63) is 57.5 Å². The highest BCUT2D eigenvalue weighted by Gasteiger charge is 2.11. The van der Waals surface area contributed by atoms with Gasteiger partial charge >= 0.3 is 0 Å². The summed E-state index contributed by atoms with van der Waals surface area (Å²) in [7, 11) is 0. The van der Waals surface area contributed by atoms with Gasteiger partial charge in [-0.3, -0.25) is 4.79 Å². The van der Waals surface area contributed by atoms with Crippen LogP contribution in [-0.4, -0.2) is 5.91 Å². The lowest BCUT2D eigenvalue weighted by atomic mass is 10.1. The number of nitrogens with one attached hydrogen (secondary N) is 1. The zero-order chi connectivity index (χ0) is 13.1. The maximum atomic E-state index is 12.0. The Labute approximate surface area is 118 Å². The summed E-state index contributed by atoms with van der Waals surface area (Å²) in [6.07, 6.45) is 0. The average molecular weight is 326 g/mol. The minimum atomic E-state index is -0.284. The molecular formula is C13H10BrClN2O. The third-order valence-corrected chi connectivity index (χ3v) is 3.20. The SMILES string of the molecule is Nc1ccccc1C(=O)Nc1cc(Br)ccc1Cl. The summed E-state index contributed by atoms with van der Waals surface area (Å²) in [5.74, 6) is -0.284. The summed E-state index contributed by atoms with van der Waals surface area (Å²) in [6.45, 7) is 0. The van der Waals surface area contributed by atoms with E-state index in [9.17, 15) is 4.79 Å². The van der Waals surface area contributed by atoms with Gasteiger partial charge in [0.1, 0.15) is 0 Å². The van der Waals surface area contributed by atoms with Crippen LogP contribution in [0.5, 0.6) is 0 Å². The van der Waals surface area contributed by atoms with E-state index >= 15 is 0 Å². The topological polar surface area (TPSA) is 55.1 Å². The lowest BCUT2D eigenvalue weighted by Gasteiger charge is -2.09. The Morgan fingerprint density at radius 1 is 1.22 bits per heavy atom. The number of nitrogen functional groups attached to an aromatic ring is 1. The number of rotatable bonds is 2. The zero-order valence-corrected chi connectivity index (χ0v) is 11.6. The Bertz CT molecular complexity index is 601. The number of amides is 1. The van der Waals surface area contributed by atoms with Crippen LogP contribution < -0.4 is 11.1 Å². The van der Waals surface area contributed by atoms with Gasteiger partial charge in [0, 0.05) is 10.2 Å². The highest BCUT2D eigenvalue weighted by Crippen LogP contribution is 2.26. The molecule has 0 unspecified atom stereocenters. The van der Waals surface area contributed by atoms with E-state index in [-0.39, 0.29) is 5.91 Å². The van der Waals surface area contributed by atoms with Crippen molar-refractivity contribution >= 4 is 44.8 Å². The van der Waals surface area contributed by atoms with Crippen molar-refractivity contribution in [3.8, 4) is 0 Å². The van der Waals surface area contributed by atoms with Gasteiger partial charge in [-0.05, 0) is 30.3 Å². The third kappa shape index (κ3) is 2.83. The number of carbonyl (C=O) groups is 1. The van der Waals surface area contributed by atoms with Gasteiger partial charge in [-0.2, -0.15) is 0 Å². The van der Waals surface area contributed by atoms with Crippen LogP contribution in [0.1, 0.15) is 10.4 Å². The molecule has 0 saturated carbocycles. The molecule has 0 aromatic heterocycles. The fraction of sp³-hybridized carbons (Fsp3) is 0. The number of para-hydroxylation sites is 1. The van der Waals surface area contributed by atoms with E-state index in [2.05, 4.69) is 21.2 Å². The first-order valence-corrected chi connectivity index (χ1v) is 6.36. The van der Waals surface area contributed by atoms with Crippen molar-refractivity contribution in [1.29, 1.82) is 0 Å².